The Morgan fingerprint density at radius 2 is 1.84 bits per heavy atom. The molecule has 1 aromatic heterocycles. The maximum Gasteiger partial charge on any atom is 0.223 e. The van der Waals surface area contributed by atoms with E-state index < -0.39 is 0 Å². The molecule has 0 bridgehead atoms. The van der Waals surface area contributed by atoms with Crippen LogP contribution in [0.5, 0.6) is 11.6 Å². The van der Waals surface area contributed by atoms with E-state index in [1.54, 1.807) is 6.07 Å². The van der Waals surface area contributed by atoms with Crippen molar-refractivity contribution >= 4 is 15.9 Å². The lowest BCUT2D eigenvalue weighted by Gasteiger charge is -2.12. The highest BCUT2D eigenvalue weighted by molar-refractivity contribution is 9.10. The van der Waals surface area contributed by atoms with Gasteiger partial charge in [-0.2, -0.15) is 4.98 Å². The molecule has 100 valence electrons. The molecule has 2 rings (SSSR count). The van der Waals surface area contributed by atoms with E-state index in [1.807, 2.05) is 19.1 Å². The number of hydrogen-bond acceptors (Lipinski definition) is 3. The van der Waals surface area contributed by atoms with Gasteiger partial charge in [-0.1, -0.05) is 19.9 Å². The third kappa shape index (κ3) is 3.53. The summed E-state index contributed by atoms with van der Waals surface area (Å²) in [4.78, 5) is 8.41. The summed E-state index contributed by atoms with van der Waals surface area (Å²) in [6.07, 6.45) is 0. The minimum absolute atomic E-state index is 0.518. The molecule has 1 heterocycles. The van der Waals surface area contributed by atoms with Crippen molar-refractivity contribution in [3.63, 3.8) is 0 Å². The zero-order valence-corrected chi connectivity index (χ0v) is 13.2. The second kappa shape index (κ2) is 5.70. The van der Waals surface area contributed by atoms with Crippen LogP contribution in [-0.4, -0.2) is 9.97 Å². The first-order valence-electron chi connectivity index (χ1n) is 6.25. The third-order valence-corrected chi connectivity index (χ3v) is 3.28. The van der Waals surface area contributed by atoms with Gasteiger partial charge < -0.3 is 4.74 Å². The average molecular weight is 321 g/mol. The van der Waals surface area contributed by atoms with Gasteiger partial charge in [-0.25, -0.2) is 4.98 Å². The van der Waals surface area contributed by atoms with Crippen LogP contribution in [0.3, 0.4) is 0 Å². The quantitative estimate of drug-likeness (QED) is 0.764. The first-order valence-corrected chi connectivity index (χ1v) is 7.04. The van der Waals surface area contributed by atoms with Crippen molar-refractivity contribution in [3.8, 4) is 11.6 Å². The molecule has 0 radical (unpaired) electrons. The Morgan fingerprint density at radius 3 is 2.42 bits per heavy atom. The summed E-state index contributed by atoms with van der Waals surface area (Å²) in [7, 11) is 0. The normalized spacial score (nSPS) is 10.8. The lowest BCUT2D eigenvalue weighted by atomic mass is 9.98. The molecule has 0 atom stereocenters. The van der Waals surface area contributed by atoms with Crippen molar-refractivity contribution in [3.05, 3.63) is 45.8 Å². The molecule has 0 saturated carbocycles. The third-order valence-electron chi connectivity index (χ3n) is 2.87. The minimum Gasteiger partial charge on any atom is -0.439 e. The SMILES string of the molecule is Cc1nc(Br)cc(Oc2ccc(C(C)C)c(C)c2)n1. The average Bonchev–Trinajstić information content (AvgIpc) is 2.26. The molecular formula is C15H17BrN2O. The molecule has 0 aliphatic rings. The molecular weight excluding hydrogens is 304 g/mol. The monoisotopic (exact) mass is 320 g/mol. The molecule has 19 heavy (non-hydrogen) atoms. The van der Waals surface area contributed by atoms with Crippen LogP contribution >= 0.6 is 15.9 Å². The van der Waals surface area contributed by atoms with Crippen molar-refractivity contribution in [2.24, 2.45) is 0 Å². The Labute approximate surface area is 122 Å². The molecule has 0 saturated heterocycles. The van der Waals surface area contributed by atoms with Gasteiger partial charge in [0.1, 0.15) is 16.2 Å². The highest BCUT2D eigenvalue weighted by Crippen LogP contribution is 2.27. The molecule has 0 amide bonds. The second-order valence-electron chi connectivity index (χ2n) is 4.85. The molecule has 0 fully saturated rings. The van der Waals surface area contributed by atoms with Gasteiger partial charge in [0.25, 0.3) is 0 Å². The largest absolute Gasteiger partial charge is 0.439 e. The van der Waals surface area contributed by atoms with Crippen molar-refractivity contribution in [2.45, 2.75) is 33.6 Å². The fraction of sp³-hybridized carbons (Fsp3) is 0.333. The van der Waals surface area contributed by atoms with Gasteiger partial charge in [0.05, 0.1) is 0 Å². The number of ether oxygens (including phenoxy) is 1. The number of benzene rings is 1. The summed E-state index contributed by atoms with van der Waals surface area (Å²) >= 11 is 3.34. The first-order chi connectivity index (χ1) is 8.95. The highest BCUT2D eigenvalue weighted by Gasteiger charge is 2.07. The summed E-state index contributed by atoms with van der Waals surface area (Å²) < 4.78 is 6.50. The molecule has 2 aromatic rings. The van der Waals surface area contributed by atoms with Crippen LogP contribution < -0.4 is 4.74 Å². The fourth-order valence-electron chi connectivity index (χ4n) is 2.04. The van der Waals surface area contributed by atoms with Crippen LogP contribution in [0.25, 0.3) is 0 Å². The number of hydrogen-bond donors (Lipinski definition) is 0. The van der Waals surface area contributed by atoms with Gasteiger partial charge in [0.15, 0.2) is 0 Å². The van der Waals surface area contributed by atoms with Crippen LogP contribution in [0.4, 0.5) is 0 Å². The van der Waals surface area contributed by atoms with Gasteiger partial charge >= 0.3 is 0 Å². The predicted molar refractivity (Wildman–Crippen MR) is 79.8 cm³/mol. The second-order valence-corrected chi connectivity index (χ2v) is 5.66. The maximum absolute atomic E-state index is 5.77. The molecule has 0 N–H and O–H groups in total. The Hall–Kier alpha value is -1.42. The van der Waals surface area contributed by atoms with Crippen LogP contribution in [0, 0.1) is 13.8 Å². The zero-order chi connectivity index (χ0) is 14.0. The summed E-state index contributed by atoms with van der Waals surface area (Å²) in [5, 5.41) is 0. The fourth-order valence-corrected chi connectivity index (χ4v) is 2.49. The van der Waals surface area contributed by atoms with Gasteiger partial charge in [-0.05, 0) is 59.0 Å². The number of aromatic nitrogens is 2. The van der Waals surface area contributed by atoms with Gasteiger partial charge in [0.2, 0.25) is 5.88 Å². The van der Waals surface area contributed by atoms with Crippen molar-refractivity contribution in [2.75, 3.05) is 0 Å². The van der Waals surface area contributed by atoms with Crippen LogP contribution in [-0.2, 0) is 0 Å². The van der Waals surface area contributed by atoms with Crippen molar-refractivity contribution in [1.82, 2.24) is 9.97 Å². The number of halogens is 1. The molecule has 4 heteroatoms. The van der Waals surface area contributed by atoms with Gasteiger partial charge in [-0.3, -0.25) is 0 Å². The van der Waals surface area contributed by atoms with Crippen molar-refractivity contribution < 1.29 is 4.74 Å². The molecule has 0 aliphatic heterocycles. The van der Waals surface area contributed by atoms with E-state index in [0.29, 0.717) is 17.6 Å². The number of rotatable bonds is 3. The molecule has 1 aromatic carbocycles. The molecule has 0 spiro atoms. The van der Waals surface area contributed by atoms with E-state index in [9.17, 15) is 0 Å². The van der Waals surface area contributed by atoms with E-state index in [2.05, 4.69) is 52.7 Å². The first kappa shape index (κ1) is 14.0. The van der Waals surface area contributed by atoms with Gasteiger partial charge in [-0.15, -0.1) is 0 Å². The topological polar surface area (TPSA) is 35.0 Å². The van der Waals surface area contributed by atoms with E-state index >= 15 is 0 Å². The maximum atomic E-state index is 5.77. The Kier molecular flexibility index (Phi) is 4.20. The molecule has 0 unspecified atom stereocenters. The molecule has 3 nitrogen and oxygen atoms in total. The lowest BCUT2D eigenvalue weighted by molar-refractivity contribution is 0.458. The zero-order valence-electron chi connectivity index (χ0n) is 11.6. The van der Waals surface area contributed by atoms with E-state index in [1.165, 1.54) is 11.1 Å². The summed E-state index contributed by atoms with van der Waals surface area (Å²) in [6, 6.07) is 7.89. The van der Waals surface area contributed by atoms with E-state index in [-0.39, 0.29) is 0 Å². The molecule has 0 aliphatic carbocycles. The van der Waals surface area contributed by atoms with Crippen LogP contribution in [0.2, 0.25) is 0 Å². The Bertz CT molecular complexity index is 576. The Balaban J connectivity index is 2.26. The highest BCUT2D eigenvalue weighted by atomic mass is 79.9. The standard InChI is InChI=1S/C15H17BrN2O/c1-9(2)13-6-5-12(7-10(13)3)19-15-8-14(16)17-11(4)18-15/h5-9H,1-4H3. The Morgan fingerprint density at radius 1 is 1.11 bits per heavy atom. The summed E-state index contributed by atoms with van der Waals surface area (Å²) in [6.45, 7) is 8.32. The number of aryl methyl sites for hydroxylation is 2. The van der Waals surface area contributed by atoms with E-state index in [0.717, 1.165) is 10.4 Å². The summed E-state index contributed by atoms with van der Waals surface area (Å²) in [5.74, 6) is 2.55. The van der Waals surface area contributed by atoms with Crippen LogP contribution in [0.15, 0.2) is 28.9 Å². The number of nitrogens with zero attached hydrogens (tertiary/aromatic N) is 2. The van der Waals surface area contributed by atoms with Crippen LogP contribution in [0.1, 0.15) is 36.7 Å². The summed E-state index contributed by atoms with van der Waals surface area (Å²) in [5.41, 5.74) is 2.57. The van der Waals surface area contributed by atoms with Crippen molar-refractivity contribution in [1.29, 1.82) is 0 Å². The minimum atomic E-state index is 0.518. The predicted octanol–water partition coefficient (Wildman–Crippen LogP) is 4.77. The van der Waals surface area contributed by atoms with E-state index in [4.69, 9.17) is 4.74 Å². The lowest BCUT2D eigenvalue weighted by Crippen LogP contribution is -1.96. The smallest absolute Gasteiger partial charge is 0.223 e. The van der Waals surface area contributed by atoms with Gasteiger partial charge in [0, 0.05) is 6.07 Å².